The Kier molecular flexibility index (Phi) is 8.78. The van der Waals surface area contributed by atoms with Crippen molar-refractivity contribution in [1.82, 2.24) is 0 Å². The van der Waals surface area contributed by atoms with Crippen molar-refractivity contribution in [2.75, 3.05) is 0 Å². The van der Waals surface area contributed by atoms with Crippen LogP contribution in [-0.2, 0) is 0 Å². The summed E-state index contributed by atoms with van der Waals surface area (Å²) in [4.78, 5) is 31.5. The number of benzene rings is 1. The third-order valence-corrected chi connectivity index (χ3v) is 1.71. The van der Waals surface area contributed by atoms with Crippen molar-refractivity contribution in [2.45, 2.75) is 0 Å². The number of carboxylic acid groups (broad SMARTS) is 3. The molecule has 0 radical (unpaired) electrons. The van der Waals surface area contributed by atoms with Gasteiger partial charge >= 0.3 is 65.1 Å². The summed E-state index contributed by atoms with van der Waals surface area (Å²) in [5.74, 6) is -4.82. The number of carbonyl (C=O) groups excluding carboxylic acids is 2. The van der Waals surface area contributed by atoms with Crippen molar-refractivity contribution in [3.63, 3.8) is 0 Å². The molecule has 0 unspecified atom stereocenters. The minimum absolute atomic E-state index is 0. The van der Waals surface area contributed by atoms with Crippen LogP contribution < -0.4 is 69.3 Å². The largest absolute Gasteiger partial charge is 1.00 e. The van der Waals surface area contributed by atoms with Gasteiger partial charge in [-0.3, -0.25) is 0 Å². The second-order valence-electron chi connectivity index (χ2n) is 2.64. The Balaban J connectivity index is 0. The molecule has 8 heteroatoms. The molecule has 0 atom stereocenters. The maximum atomic E-state index is 10.6. The molecule has 0 saturated heterocycles. The molecule has 1 N–H and O–H groups in total. The molecule has 0 aliphatic rings. The van der Waals surface area contributed by atoms with Gasteiger partial charge in [-0.2, -0.15) is 0 Å². The van der Waals surface area contributed by atoms with E-state index in [-0.39, 0.29) is 59.1 Å². The number of hydrogen-bond acceptors (Lipinski definition) is 5. The van der Waals surface area contributed by atoms with Gasteiger partial charge in [0.1, 0.15) is 0 Å². The molecular weight excluding hydrogens is 250 g/mol. The SMILES string of the molecule is O=C([O-])c1ccc(C(=O)O)c(C(=O)[O-])c1.[Na+].[Na+]. The van der Waals surface area contributed by atoms with E-state index in [0.717, 1.165) is 12.1 Å². The van der Waals surface area contributed by atoms with Crippen LogP contribution in [0.2, 0.25) is 0 Å². The van der Waals surface area contributed by atoms with Gasteiger partial charge in [-0.25, -0.2) is 4.79 Å². The standard InChI is InChI=1S/C9H6O6.2Na/c10-7(11)4-1-2-5(8(12)13)6(3-4)9(14)15;;/h1-3H,(H,10,11)(H,12,13)(H,14,15);;/q;2*+1/p-2. The Morgan fingerprint density at radius 3 is 1.82 bits per heavy atom. The minimum atomic E-state index is -1.75. The van der Waals surface area contributed by atoms with Crippen LogP contribution in [0.3, 0.4) is 0 Å². The van der Waals surface area contributed by atoms with Gasteiger partial charge in [0.15, 0.2) is 0 Å². The van der Waals surface area contributed by atoms with Crippen molar-refractivity contribution < 1.29 is 88.8 Å². The molecule has 0 heterocycles. The van der Waals surface area contributed by atoms with Crippen LogP contribution in [0, 0.1) is 0 Å². The first-order valence-electron chi connectivity index (χ1n) is 3.73. The quantitative estimate of drug-likeness (QED) is 0.535. The fourth-order valence-electron chi connectivity index (χ4n) is 1.03. The van der Waals surface area contributed by atoms with E-state index < -0.39 is 34.6 Å². The molecule has 0 bridgehead atoms. The topological polar surface area (TPSA) is 118 Å². The number of carbonyl (C=O) groups is 3. The molecule has 1 aromatic rings. The average molecular weight is 254 g/mol. The van der Waals surface area contributed by atoms with Crippen LogP contribution in [0.4, 0.5) is 0 Å². The zero-order valence-corrected chi connectivity index (χ0v) is 13.2. The molecule has 1 rings (SSSR count). The van der Waals surface area contributed by atoms with Crippen LogP contribution in [0.1, 0.15) is 31.1 Å². The second-order valence-corrected chi connectivity index (χ2v) is 2.64. The zero-order chi connectivity index (χ0) is 11.6. The molecule has 17 heavy (non-hydrogen) atoms. The molecule has 78 valence electrons. The van der Waals surface area contributed by atoms with Crippen LogP contribution in [-0.4, -0.2) is 23.0 Å². The van der Waals surface area contributed by atoms with Crippen LogP contribution >= 0.6 is 0 Å². The molecule has 6 nitrogen and oxygen atoms in total. The van der Waals surface area contributed by atoms with E-state index in [4.69, 9.17) is 5.11 Å². The Morgan fingerprint density at radius 1 is 0.941 bits per heavy atom. The van der Waals surface area contributed by atoms with Gasteiger partial charge in [0, 0.05) is 5.56 Å². The van der Waals surface area contributed by atoms with Crippen molar-refractivity contribution in [2.24, 2.45) is 0 Å². The van der Waals surface area contributed by atoms with Gasteiger partial charge < -0.3 is 24.9 Å². The van der Waals surface area contributed by atoms with E-state index >= 15 is 0 Å². The summed E-state index contributed by atoms with van der Waals surface area (Å²) in [6.45, 7) is 0. The van der Waals surface area contributed by atoms with E-state index in [1.165, 1.54) is 0 Å². The van der Waals surface area contributed by atoms with Crippen molar-refractivity contribution in [3.05, 3.63) is 34.9 Å². The zero-order valence-electron chi connectivity index (χ0n) is 9.22. The minimum Gasteiger partial charge on any atom is -0.545 e. The normalized spacial score (nSPS) is 8.47. The summed E-state index contributed by atoms with van der Waals surface area (Å²) in [5, 5.41) is 29.5. The fourth-order valence-corrected chi connectivity index (χ4v) is 1.03. The first-order chi connectivity index (χ1) is 6.93. The first-order valence-corrected chi connectivity index (χ1v) is 3.73. The second kappa shape index (κ2) is 7.86. The molecule has 0 spiro atoms. The molecule has 0 saturated carbocycles. The summed E-state index contributed by atoms with van der Waals surface area (Å²) in [6.07, 6.45) is 0. The summed E-state index contributed by atoms with van der Waals surface area (Å²) < 4.78 is 0. The van der Waals surface area contributed by atoms with E-state index in [1.54, 1.807) is 0 Å². The molecular formula is C9H4Na2O6. The molecule has 0 amide bonds. The molecule has 0 fully saturated rings. The van der Waals surface area contributed by atoms with Crippen LogP contribution in [0.5, 0.6) is 0 Å². The molecule has 0 aliphatic carbocycles. The van der Waals surface area contributed by atoms with E-state index in [9.17, 15) is 24.6 Å². The van der Waals surface area contributed by atoms with Crippen molar-refractivity contribution >= 4 is 17.9 Å². The van der Waals surface area contributed by atoms with Crippen molar-refractivity contribution in [3.8, 4) is 0 Å². The Labute approximate surface area is 140 Å². The molecule has 0 aliphatic heterocycles. The summed E-state index contributed by atoms with van der Waals surface area (Å²) in [7, 11) is 0. The number of aromatic carboxylic acids is 3. The number of carboxylic acids is 3. The van der Waals surface area contributed by atoms with Gasteiger partial charge in [0.25, 0.3) is 0 Å². The van der Waals surface area contributed by atoms with E-state index in [1.807, 2.05) is 0 Å². The fraction of sp³-hybridized carbons (Fsp3) is 0. The summed E-state index contributed by atoms with van der Waals surface area (Å²) in [5.41, 5.74) is -1.64. The van der Waals surface area contributed by atoms with Gasteiger partial charge in [-0.1, -0.05) is 6.07 Å². The third kappa shape index (κ3) is 4.79. The van der Waals surface area contributed by atoms with Crippen molar-refractivity contribution in [1.29, 1.82) is 0 Å². The predicted octanol–water partition coefficient (Wildman–Crippen LogP) is -7.88. The van der Waals surface area contributed by atoms with Crippen LogP contribution in [0.15, 0.2) is 18.2 Å². The Hall–Kier alpha value is -0.370. The monoisotopic (exact) mass is 254 g/mol. The maximum Gasteiger partial charge on any atom is 1.00 e. The number of hydrogen-bond donors (Lipinski definition) is 1. The van der Waals surface area contributed by atoms with E-state index in [2.05, 4.69) is 0 Å². The summed E-state index contributed by atoms with van der Waals surface area (Å²) >= 11 is 0. The Bertz CT molecular complexity index is 457. The first kappa shape index (κ1) is 19.0. The van der Waals surface area contributed by atoms with Gasteiger partial charge in [-0.05, 0) is 17.7 Å². The maximum absolute atomic E-state index is 10.6. The summed E-state index contributed by atoms with van der Waals surface area (Å²) in [6, 6.07) is 2.51. The Morgan fingerprint density at radius 2 is 1.47 bits per heavy atom. The van der Waals surface area contributed by atoms with Gasteiger partial charge in [0.05, 0.1) is 17.5 Å². The average Bonchev–Trinajstić information content (AvgIpc) is 2.16. The van der Waals surface area contributed by atoms with Gasteiger partial charge in [-0.15, -0.1) is 0 Å². The van der Waals surface area contributed by atoms with Crippen LogP contribution in [0.25, 0.3) is 0 Å². The number of rotatable bonds is 3. The van der Waals surface area contributed by atoms with Gasteiger partial charge in [0.2, 0.25) is 0 Å². The van der Waals surface area contributed by atoms with E-state index in [0.29, 0.717) is 6.07 Å². The smallest absolute Gasteiger partial charge is 0.545 e. The third-order valence-electron chi connectivity index (χ3n) is 1.71. The predicted molar refractivity (Wildman–Crippen MR) is 42.1 cm³/mol. The molecule has 0 aromatic heterocycles. The molecule has 1 aromatic carbocycles.